The highest BCUT2D eigenvalue weighted by molar-refractivity contribution is 7.91. The van der Waals surface area contributed by atoms with E-state index in [9.17, 15) is 13.2 Å². The number of piperidine rings is 1. The maximum Gasteiger partial charge on any atom is 0.252 e. The highest BCUT2D eigenvalue weighted by atomic mass is 32.2. The molecule has 4 rings (SSSR count). The van der Waals surface area contributed by atoms with Gasteiger partial charge in [-0.05, 0) is 24.3 Å². The van der Waals surface area contributed by atoms with Gasteiger partial charge in [0.05, 0.1) is 11.6 Å². The van der Waals surface area contributed by atoms with E-state index in [0.29, 0.717) is 28.7 Å². The van der Waals surface area contributed by atoms with Crippen LogP contribution in [0.25, 0.3) is 11.3 Å². The first kappa shape index (κ1) is 19.3. The minimum atomic E-state index is -3.53. The summed E-state index contributed by atoms with van der Waals surface area (Å²) < 4.78 is 27.2. The second kappa shape index (κ2) is 8.12. The molecule has 0 spiro atoms. The van der Waals surface area contributed by atoms with Gasteiger partial charge < -0.3 is 5.32 Å². The maximum atomic E-state index is 12.7. The van der Waals surface area contributed by atoms with Gasteiger partial charge in [-0.3, -0.25) is 4.79 Å². The van der Waals surface area contributed by atoms with Crippen LogP contribution < -0.4 is 5.32 Å². The molecule has 9 heteroatoms. The highest BCUT2D eigenvalue weighted by Gasteiger charge is 2.34. The first-order valence-electron chi connectivity index (χ1n) is 8.89. The number of rotatable bonds is 5. The van der Waals surface area contributed by atoms with E-state index in [1.165, 1.54) is 27.0 Å². The van der Waals surface area contributed by atoms with Crippen molar-refractivity contribution in [1.29, 1.82) is 0 Å². The summed E-state index contributed by atoms with van der Waals surface area (Å²) >= 11 is 2.57. The lowest BCUT2D eigenvalue weighted by atomic mass is 9.99. The Morgan fingerprint density at radius 3 is 2.71 bits per heavy atom. The minimum Gasteiger partial charge on any atom is -0.302 e. The van der Waals surface area contributed by atoms with E-state index in [0.717, 1.165) is 11.3 Å². The number of carbonyl (C=O) groups excluding carboxylic acids is 1. The summed E-state index contributed by atoms with van der Waals surface area (Å²) in [6.07, 6.45) is 1.33. The lowest BCUT2D eigenvalue weighted by Crippen LogP contribution is -2.43. The van der Waals surface area contributed by atoms with E-state index in [2.05, 4.69) is 10.3 Å². The SMILES string of the molecule is O=C(Nc1nc(-c2ccccc2)cs1)[C@H]1CCCN(S(=O)(=O)c2cccs2)C1. The Bertz CT molecular complexity index is 1050. The first-order valence-corrected chi connectivity index (χ1v) is 12.1. The van der Waals surface area contributed by atoms with E-state index in [1.807, 2.05) is 35.7 Å². The van der Waals surface area contributed by atoms with E-state index < -0.39 is 10.0 Å². The largest absolute Gasteiger partial charge is 0.302 e. The molecular formula is C19H19N3O3S3. The third-order valence-corrected chi connectivity index (χ3v) is 8.64. The lowest BCUT2D eigenvalue weighted by molar-refractivity contribution is -0.120. The smallest absolute Gasteiger partial charge is 0.252 e. The first-order chi connectivity index (χ1) is 13.5. The van der Waals surface area contributed by atoms with Crippen LogP contribution in [0.1, 0.15) is 12.8 Å². The van der Waals surface area contributed by atoms with Crippen LogP contribution >= 0.6 is 22.7 Å². The second-order valence-corrected chi connectivity index (χ2v) is 10.5. The molecule has 1 N–H and O–H groups in total. The van der Waals surface area contributed by atoms with Gasteiger partial charge in [0.15, 0.2) is 5.13 Å². The van der Waals surface area contributed by atoms with Crippen molar-refractivity contribution in [3.05, 3.63) is 53.2 Å². The Balaban J connectivity index is 1.43. The van der Waals surface area contributed by atoms with Crippen LogP contribution in [0.5, 0.6) is 0 Å². The normalized spacial score (nSPS) is 18.1. The Morgan fingerprint density at radius 1 is 1.14 bits per heavy atom. The Labute approximate surface area is 171 Å². The molecule has 1 saturated heterocycles. The number of aromatic nitrogens is 1. The topological polar surface area (TPSA) is 79.4 Å². The van der Waals surface area contributed by atoms with Crippen LogP contribution in [0, 0.1) is 5.92 Å². The number of benzene rings is 1. The van der Waals surface area contributed by atoms with E-state index in [1.54, 1.807) is 17.5 Å². The molecule has 1 aliphatic heterocycles. The van der Waals surface area contributed by atoms with Crippen molar-refractivity contribution in [2.75, 3.05) is 18.4 Å². The number of nitrogens with one attached hydrogen (secondary N) is 1. The number of nitrogens with zero attached hydrogens (tertiary/aromatic N) is 2. The van der Waals surface area contributed by atoms with Gasteiger partial charge in [-0.15, -0.1) is 22.7 Å². The summed E-state index contributed by atoms with van der Waals surface area (Å²) in [4.78, 5) is 17.2. The summed E-state index contributed by atoms with van der Waals surface area (Å²) in [5.41, 5.74) is 1.80. The van der Waals surface area contributed by atoms with Crippen LogP contribution in [0.3, 0.4) is 0 Å². The number of hydrogen-bond acceptors (Lipinski definition) is 6. The van der Waals surface area contributed by atoms with Crippen LogP contribution in [-0.2, 0) is 14.8 Å². The average molecular weight is 434 g/mol. The molecule has 146 valence electrons. The van der Waals surface area contributed by atoms with Crippen molar-refractivity contribution in [3.63, 3.8) is 0 Å². The molecule has 0 radical (unpaired) electrons. The number of thiophene rings is 1. The fourth-order valence-corrected chi connectivity index (χ4v) is 6.58. The maximum absolute atomic E-state index is 12.7. The lowest BCUT2D eigenvalue weighted by Gasteiger charge is -2.30. The van der Waals surface area contributed by atoms with Gasteiger partial charge >= 0.3 is 0 Å². The van der Waals surface area contributed by atoms with Crippen molar-refractivity contribution in [2.24, 2.45) is 5.92 Å². The third kappa shape index (κ3) is 4.02. The van der Waals surface area contributed by atoms with E-state index in [4.69, 9.17) is 0 Å². The summed E-state index contributed by atoms with van der Waals surface area (Å²) in [5, 5.41) is 7.03. The molecule has 0 unspecified atom stereocenters. The average Bonchev–Trinajstić information content (AvgIpc) is 3.41. The molecule has 1 fully saturated rings. The zero-order chi connectivity index (χ0) is 19.6. The molecule has 6 nitrogen and oxygen atoms in total. The van der Waals surface area contributed by atoms with Crippen LogP contribution in [0.15, 0.2) is 57.4 Å². The fourth-order valence-electron chi connectivity index (χ4n) is 3.19. The van der Waals surface area contributed by atoms with E-state index >= 15 is 0 Å². The molecule has 2 aromatic heterocycles. The van der Waals surface area contributed by atoms with Crippen molar-refractivity contribution in [2.45, 2.75) is 17.1 Å². The molecular weight excluding hydrogens is 414 g/mol. The number of thiazole rings is 1. The molecule has 28 heavy (non-hydrogen) atoms. The summed E-state index contributed by atoms with van der Waals surface area (Å²) in [6, 6.07) is 13.1. The fraction of sp³-hybridized carbons (Fsp3) is 0.263. The summed E-state index contributed by atoms with van der Waals surface area (Å²) in [7, 11) is -3.53. The monoisotopic (exact) mass is 433 g/mol. The molecule has 0 saturated carbocycles. The highest BCUT2D eigenvalue weighted by Crippen LogP contribution is 2.28. The second-order valence-electron chi connectivity index (χ2n) is 6.53. The van der Waals surface area contributed by atoms with Crippen LogP contribution in [0.2, 0.25) is 0 Å². The molecule has 1 aliphatic rings. The minimum absolute atomic E-state index is 0.181. The van der Waals surface area contributed by atoms with Crippen LogP contribution in [-0.4, -0.2) is 36.7 Å². The molecule has 1 aromatic carbocycles. The van der Waals surface area contributed by atoms with Crippen molar-refractivity contribution in [3.8, 4) is 11.3 Å². The Kier molecular flexibility index (Phi) is 5.58. The van der Waals surface area contributed by atoms with Crippen molar-refractivity contribution >= 4 is 43.7 Å². The summed E-state index contributed by atoms with van der Waals surface area (Å²) in [5.74, 6) is -0.562. The number of anilines is 1. The zero-order valence-corrected chi connectivity index (χ0v) is 17.4. The van der Waals surface area contributed by atoms with Gasteiger partial charge in [0.2, 0.25) is 5.91 Å². The molecule has 1 amide bonds. The molecule has 1 atom stereocenters. The number of sulfonamides is 1. The van der Waals surface area contributed by atoms with Gasteiger partial charge in [-0.1, -0.05) is 36.4 Å². The number of hydrogen-bond donors (Lipinski definition) is 1. The van der Waals surface area contributed by atoms with E-state index in [-0.39, 0.29) is 18.4 Å². The zero-order valence-electron chi connectivity index (χ0n) is 14.9. The van der Waals surface area contributed by atoms with Crippen molar-refractivity contribution < 1.29 is 13.2 Å². The predicted octanol–water partition coefficient (Wildman–Crippen LogP) is 3.91. The molecule has 3 aromatic rings. The van der Waals surface area contributed by atoms with Crippen molar-refractivity contribution in [1.82, 2.24) is 9.29 Å². The van der Waals surface area contributed by atoms with Crippen LogP contribution in [0.4, 0.5) is 5.13 Å². The van der Waals surface area contributed by atoms with Gasteiger partial charge in [0, 0.05) is 24.0 Å². The Morgan fingerprint density at radius 2 is 1.96 bits per heavy atom. The van der Waals surface area contributed by atoms with Gasteiger partial charge in [0.25, 0.3) is 10.0 Å². The summed E-state index contributed by atoms with van der Waals surface area (Å²) in [6.45, 7) is 0.641. The number of carbonyl (C=O) groups is 1. The van der Waals surface area contributed by atoms with Gasteiger partial charge in [-0.25, -0.2) is 13.4 Å². The predicted molar refractivity (Wildman–Crippen MR) is 112 cm³/mol. The van der Waals surface area contributed by atoms with Gasteiger partial charge in [-0.2, -0.15) is 4.31 Å². The quantitative estimate of drug-likeness (QED) is 0.662. The standard InChI is InChI=1S/C19H19N3O3S3/c23-18(21-19-20-16(13-27-19)14-6-2-1-3-7-14)15-8-4-10-22(12-15)28(24,25)17-9-5-11-26-17/h1-3,5-7,9,11,13,15H,4,8,10,12H2,(H,20,21,23)/t15-/m0/s1. The Hall–Kier alpha value is -2.07. The molecule has 0 bridgehead atoms. The number of amides is 1. The molecule has 3 heterocycles. The molecule has 0 aliphatic carbocycles. The third-order valence-electron chi connectivity index (χ3n) is 4.65. The van der Waals surface area contributed by atoms with Gasteiger partial charge in [0.1, 0.15) is 4.21 Å².